The highest BCUT2D eigenvalue weighted by Gasteiger charge is 2.50. The first kappa shape index (κ1) is 28.6. The van der Waals surface area contributed by atoms with E-state index in [1.807, 2.05) is 18.2 Å². The summed E-state index contributed by atoms with van der Waals surface area (Å²) in [7, 11) is 0. The minimum atomic E-state index is -0.711. The van der Waals surface area contributed by atoms with Gasteiger partial charge in [-0.05, 0) is 48.9 Å². The smallest absolute Gasteiger partial charge is 0.334 e. The van der Waals surface area contributed by atoms with E-state index in [0.29, 0.717) is 17.5 Å². The molecule has 204 valence electrons. The number of nitrogens with zero attached hydrogens (tertiary/aromatic N) is 4. The Balaban J connectivity index is 1.49. The Bertz CT molecular complexity index is 1110. The summed E-state index contributed by atoms with van der Waals surface area (Å²) in [6, 6.07) is 15.0. The number of carbonyl (C=O) groups is 3. The number of aryl methyl sites for hydroxylation is 1. The Labute approximate surface area is 241 Å². The highest BCUT2D eigenvalue weighted by molar-refractivity contribution is 14.1. The fraction of sp³-hybridized carbons (Fsp3) is 0.444. The van der Waals surface area contributed by atoms with Crippen LogP contribution in [0.5, 0.6) is 0 Å². The number of amides is 4. The van der Waals surface area contributed by atoms with Crippen molar-refractivity contribution in [2.24, 2.45) is 0 Å². The third-order valence-corrected chi connectivity index (χ3v) is 7.91. The van der Waals surface area contributed by atoms with E-state index in [9.17, 15) is 18.8 Å². The lowest BCUT2D eigenvalue weighted by atomic mass is 10.0. The maximum atomic E-state index is 13.5. The van der Waals surface area contributed by atoms with Crippen molar-refractivity contribution in [3.05, 3.63) is 71.5 Å². The summed E-state index contributed by atoms with van der Waals surface area (Å²) in [5.41, 5.74) is 2.01. The van der Waals surface area contributed by atoms with Crippen LogP contribution in [0.4, 0.5) is 9.18 Å². The number of nitrogens with one attached hydrogen (secondary N) is 1. The summed E-state index contributed by atoms with van der Waals surface area (Å²) >= 11 is 8.19. The number of carbonyl (C=O) groups excluding carboxylic acids is 3. The van der Waals surface area contributed by atoms with Crippen LogP contribution in [0.3, 0.4) is 0 Å². The molecule has 1 N–H and O–H groups in total. The first-order chi connectivity index (χ1) is 18.4. The molecule has 0 aliphatic carbocycles. The lowest BCUT2D eigenvalue weighted by Gasteiger charge is -2.54. The number of hydrogen-bond acceptors (Lipinski definition) is 4. The first-order valence-corrected chi connectivity index (χ1v) is 14.8. The van der Waals surface area contributed by atoms with E-state index in [-0.39, 0.29) is 49.2 Å². The van der Waals surface area contributed by atoms with Crippen LogP contribution in [0.2, 0.25) is 0 Å². The molecule has 2 aliphatic rings. The van der Waals surface area contributed by atoms with Gasteiger partial charge in [-0.15, -0.1) is 11.6 Å². The van der Waals surface area contributed by atoms with Gasteiger partial charge in [0.05, 0.1) is 17.6 Å². The molecule has 0 spiro atoms. The Kier molecular flexibility index (Phi) is 10.2. The standard InChI is InChI=1S/C27H32ClFIN5O3/c28-14-13-23-26(37)32(15-5-4-8-20-6-2-1-3-7-20)17-24-34(23)25(36)18-33(19-30)35(24)27(38)31-16-21-9-11-22(29)12-10-21/h1-3,6-7,9-12,23-24H,4-5,8,13-19H2,(H,31,38)/t23-,24-/m0/s1. The van der Waals surface area contributed by atoms with Gasteiger partial charge >= 0.3 is 6.03 Å². The Hall–Kier alpha value is -2.44. The summed E-state index contributed by atoms with van der Waals surface area (Å²) in [4.78, 5) is 43.4. The zero-order valence-corrected chi connectivity index (χ0v) is 24.0. The highest BCUT2D eigenvalue weighted by atomic mass is 127. The third kappa shape index (κ3) is 6.76. The van der Waals surface area contributed by atoms with Gasteiger partial charge < -0.3 is 15.1 Å². The number of unbranched alkanes of at least 4 members (excludes halogenated alkanes) is 1. The minimum Gasteiger partial charge on any atom is -0.337 e. The van der Waals surface area contributed by atoms with Crippen LogP contribution < -0.4 is 5.32 Å². The fourth-order valence-electron chi connectivity index (χ4n) is 5.02. The number of urea groups is 1. The van der Waals surface area contributed by atoms with Crippen molar-refractivity contribution in [1.82, 2.24) is 25.1 Å². The molecule has 2 aliphatic heterocycles. The van der Waals surface area contributed by atoms with Crippen molar-refractivity contribution in [3.8, 4) is 0 Å². The number of fused-ring (bicyclic) bond motifs is 1. The zero-order valence-electron chi connectivity index (χ0n) is 21.1. The Morgan fingerprint density at radius 3 is 2.47 bits per heavy atom. The largest absolute Gasteiger partial charge is 0.337 e. The van der Waals surface area contributed by atoms with E-state index >= 15 is 0 Å². The second-order valence-electron chi connectivity index (χ2n) is 9.42. The number of halogens is 3. The van der Waals surface area contributed by atoms with E-state index < -0.39 is 12.2 Å². The quantitative estimate of drug-likeness (QED) is 0.182. The average Bonchev–Trinajstić information content (AvgIpc) is 2.93. The molecule has 4 rings (SSSR count). The summed E-state index contributed by atoms with van der Waals surface area (Å²) in [5.74, 6) is -0.435. The number of alkyl halides is 2. The van der Waals surface area contributed by atoms with Crippen LogP contribution in [0, 0.1) is 5.82 Å². The molecule has 11 heteroatoms. The van der Waals surface area contributed by atoms with E-state index in [1.54, 1.807) is 32.0 Å². The van der Waals surface area contributed by atoms with Crippen molar-refractivity contribution in [2.45, 2.75) is 44.4 Å². The van der Waals surface area contributed by atoms with Gasteiger partial charge in [-0.3, -0.25) is 9.59 Å². The molecule has 2 aromatic carbocycles. The molecule has 38 heavy (non-hydrogen) atoms. The van der Waals surface area contributed by atoms with Crippen molar-refractivity contribution >= 4 is 52.0 Å². The van der Waals surface area contributed by atoms with Crippen LogP contribution in [0.25, 0.3) is 0 Å². The van der Waals surface area contributed by atoms with Crippen LogP contribution >= 0.6 is 34.2 Å². The molecule has 2 fully saturated rings. The second-order valence-corrected chi connectivity index (χ2v) is 10.5. The van der Waals surface area contributed by atoms with Gasteiger partial charge in [0.25, 0.3) is 0 Å². The van der Waals surface area contributed by atoms with Gasteiger partial charge in [-0.1, -0.05) is 65.1 Å². The van der Waals surface area contributed by atoms with Gasteiger partial charge in [0, 0.05) is 19.0 Å². The predicted octanol–water partition coefficient (Wildman–Crippen LogP) is 3.98. The number of benzene rings is 2. The number of hydrazine groups is 1. The second kappa shape index (κ2) is 13.6. The maximum Gasteiger partial charge on any atom is 0.334 e. The van der Waals surface area contributed by atoms with Crippen LogP contribution in [0.15, 0.2) is 54.6 Å². The van der Waals surface area contributed by atoms with Gasteiger partial charge in [0.2, 0.25) is 11.8 Å². The van der Waals surface area contributed by atoms with Crippen molar-refractivity contribution in [1.29, 1.82) is 0 Å². The average molecular weight is 656 g/mol. The minimum absolute atomic E-state index is 0.00739. The molecule has 0 bridgehead atoms. The van der Waals surface area contributed by atoms with Crippen molar-refractivity contribution in [3.63, 3.8) is 0 Å². The normalized spacial score (nSPS) is 20.0. The predicted molar refractivity (Wildman–Crippen MR) is 152 cm³/mol. The molecule has 2 atom stereocenters. The van der Waals surface area contributed by atoms with Gasteiger partial charge in [0.1, 0.15) is 18.0 Å². The van der Waals surface area contributed by atoms with Crippen LogP contribution in [-0.2, 0) is 22.6 Å². The molecule has 0 radical (unpaired) electrons. The van der Waals surface area contributed by atoms with E-state index in [4.69, 9.17) is 11.6 Å². The topological polar surface area (TPSA) is 76.2 Å². The lowest BCUT2D eigenvalue weighted by molar-refractivity contribution is -0.187. The summed E-state index contributed by atoms with van der Waals surface area (Å²) in [6.45, 7) is 0.967. The van der Waals surface area contributed by atoms with E-state index in [2.05, 4.69) is 40.0 Å². The van der Waals surface area contributed by atoms with E-state index in [1.165, 1.54) is 17.7 Å². The Morgan fingerprint density at radius 2 is 1.79 bits per heavy atom. The Morgan fingerprint density at radius 1 is 1.05 bits per heavy atom. The summed E-state index contributed by atoms with van der Waals surface area (Å²) in [6.07, 6.45) is 2.32. The van der Waals surface area contributed by atoms with Gasteiger partial charge in [-0.25, -0.2) is 14.2 Å². The van der Waals surface area contributed by atoms with Crippen molar-refractivity contribution in [2.75, 3.05) is 30.1 Å². The van der Waals surface area contributed by atoms with Gasteiger partial charge in [-0.2, -0.15) is 5.01 Å². The van der Waals surface area contributed by atoms with E-state index in [0.717, 1.165) is 24.8 Å². The summed E-state index contributed by atoms with van der Waals surface area (Å²) in [5, 5.41) is 6.15. The molecular formula is C27H32ClFIN5O3. The molecule has 2 aromatic rings. The SMILES string of the molecule is O=C1[C@H](CCCl)N2C(=O)CN(CI)N(C(=O)NCc3ccc(F)cc3)[C@H]2CN1CCCCc1ccccc1. The van der Waals surface area contributed by atoms with Gasteiger partial charge in [0.15, 0.2) is 0 Å². The number of rotatable bonds is 10. The van der Waals surface area contributed by atoms with Crippen molar-refractivity contribution < 1.29 is 18.8 Å². The highest BCUT2D eigenvalue weighted by Crippen LogP contribution is 2.29. The first-order valence-electron chi connectivity index (χ1n) is 12.7. The molecule has 0 unspecified atom stereocenters. The molecule has 0 aromatic heterocycles. The molecule has 0 saturated carbocycles. The van der Waals surface area contributed by atoms with Crippen LogP contribution in [-0.4, -0.2) is 79.9 Å². The number of piperazine rings is 1. The lowest BCUT2D eigenvalue weighted by Crippen LogP contribution is -2.76. The molecule has 4 amide bonds. The number of hydrogen-bond donors (Lipinski definition) is 1. The maximum absolute atomic E-state index is 13.5. The zero-order chi connectivity index (χ0) is 27.1. The molecule has 2 heterocycles. The third-order valence-electron chi connectivity index (χ3n) is 6.90. The fourth-order valence-corrected chi connectivity index (χ4v) is 5.80. The molecule has 8 nitrogen and oxygen atoms in total. The monoisotopic (exact) mass is 655 g/mol. The van der Waals surface area contributed by atoms with Crippen LogP contribution in [0.1, 0.15) is 30.4 Å². The molecule has 2 saturated heterocycles. The summed E-state index contributed by atoms with van der Waals surface area (Å²) < 4.78 is 13.7. The molecular weight excluding hydrogens is 624 g/mol.